The molecule has 0 rings (SSSR count). The maximum Gasteiger partial charge on any atom is 0.134 e. The van der Waals surface area contributed by atoms with Gasteiger partial charge in [-0.25, -0.2) is 0 Å². The summed E-state index contributed by atoms with van der Waals surface area (Å²) in [6, 6.07) is 0. The Morgan fingerprint density at radius 3 is 2.75 bits per heavy atom. The highest BCUT2D eigenvalue weighted by molar-refractivity contribution is 14.1. The largest absolute Gasteiger partial charge is 0.530 e. The third kappa shape index (κ3) is 5.24. The molecular weight excluding hydrogens is 269 g/mol. The van der Waals surface area contributed by atoms with Crippen LogP contribution in [0, 0.1) is 18.3 Å². The van der Waals surface area contributed by atoms with Crippen molar-refractivity contribution in [1.29, 1.82) is 0 Å². The molecule has 0 aromatic carbocycles. The summed E-state index contributed by atoms with van der Waals surface area (Å²) in [6.45, 7) is 2.37. The van der Waals surface area contributed by atoms with Crippen LogP contribution in [0.1, 0.15) is 13.3 Å². The van der Waals surface area contributed by atoms with E-state index in [1.54, 1.807) is 0 Å². The number of amides is 1. The summed E-state index contributed by atoms with van der Waals surface area (Å²) in [7, 11) is 0. The van der Waals surface area contributed by atoms with Gasteiger partial charge in [-0.05, 0) is 5.92 Å². The molecule has 0 aliphatic carbocycles. The van der Waals surface area contributed by atoms with Gasteiger partial charge in [0.05, 0.1) is 0 Å². The molecule has 0 heterocycles. The Bertz CT molecular complexity index is 186. The van der Waals surface area contributed by atoms with Gasteiger partial charge in [-0.2, -0.15) is 0 Å². The van der Waals surface area contributed by atoms with Crippen molar-refractivity contribution in [3.8, 4) is 12.3 Å². The van der Waals surface area contributed by atoms with E-state index in [2.05, 4.69) is 33.8 Å². The zero-order valence-electron chi connectivity index (χ0n) is 6.84. The highest BCUT2D eigenvalue weighted by Gasteiger charge is 2.12. The zero-order chi connectivity index (χ0) is 9.56. The third-order valence-electron chi connectivity index (χ3n) is 1.54. The van der Waals surface area contributed by atoms with Crippen molar-refractivity contribution in [3.05, 3.63) is 0 Å². The molecule has 0 saturated heterocycles. The number of hydrogen-bond donors (Lipinski definition) is 1. The lowest BCUT2D eigenvalue weighted by Crippen LogP contribution is -2.40. The van der Waals surface area contributed by atoms with E-state index < -0.39 is 6.09 Å². The minimum absolute atomic E-state index is 0.188. The standard InChI is InChI=1S/C8H12INO2/c1-3-4-7(6(2)9)5-10-8(11)12/h1,6-7,10H,4-5H2,2H3,(H,11,12)/p-1. The quantitative estimate of drug-likeness (QED) is 0.460. The van der Waals surface area contributed by atoms with E-state index in [9.17, 15) is 9.90 Å². The van der Waals surface area contributed by atoms with Crippen LogP contribution in [0.3, 0.4) is 0 Å². The van der Waals surface area contributed by atoms with E-state index in [1.807, 2.05) is 6.92 Å². The monoisotopic (exact) mass is 280 g/mol. The lowest BCUT2D eigenvalue weighted by Gasteiger charge is -2.18. The molecule has 12 heavy (non-hydrogen) atoms. The van der Waals surface area contributed by atoms with Gasteiger partial charge in [0.25, 0.3) is 0 Å². The molecule has 1 N–H and O–H groups in total. The number of carbonyl (C=O) groups is 1. The number of hydrogen-bond acceptors (Lipinski definition) is 2. The molecule has 1 amide bonds. The first-order valence-electron chi connectivity index (χ1n) is 3.60. The summed E-state index contributed by atoms with van der Waals surface area (Å²) in [5.41, 5.74) is 0. The number of carboxylic acid groups (broad SMARTS) is 1. The van der Waals surface area contributed by atoms with Crippen molar-refractivity contribution in [2.45, 2.75) is 17.3 Å². The Morgan fingerprint density at radius 1 is 1.83 bits per heavy atom. The molecule has 0 aliphatic rings. The summed E-state index contributed by atoms with van der Waals surface area (Å²) in [5, 5.41) is 12.3. The van der Waals surface area contributed by atoms with Gasteiger partial charge in [-0.15, -0.1) is 12.3 Å². The molecule has 0 bridgehead atoms. The zero-order valence-corrected chi connectivity index (χ0v) is 9.00. The Hall–Kier alpha value is -0.440. The van der Waals surface area contributed by atoms with Crippen LogP contribution in [0.25, 0.3) is 0 Å². The number of carbonyl (C=O) groups excluding carboxylic acids is 1. The minimum atomic E-state index is -1.24. The molecular formula is C8H11INO2-. The van der Waals surface area contributed by atoms with Crippen LogP contribution >= 0.6 is 22.6 Å². The maximum atomic E-state index is 10.1. The summed E-state index contributed by atoms with van der Waals surface area (Å²) < 4.78 is 0.352. The fraction of sp³-hybridized carbons (Fsp3) is 0.625. The third-order valence-corrected chi connectivity index (χ3v) is 2.56. The first-order valence-corrected chi connectivity index (χ1v) is 4.85. The molecule has 68 valence electrons. The van der Waals surface area contributed by atoms with E-state index in [4.69, 9.17) is 6.42 Å². The number of nitrogens with one attached hydrogen (secondary N) is 1. The predicted octanol–water partition coefficient (Wildman–Crippen LogP) is 0.382. The Kier molecular flexibility index (Phi) is 5.89. The first-order chi connectivity index (χ1) is 5.57. The molecule has 0 aromatic rings. The average molecular weight is 280 g/mol. The number of terminal acetylenes is 1. The molecule has 0 radical (unpaired) electrons. The van der Waals surface area contributed by atoms with Crippen LogP contribution in [-0.2, 0) is 0 Å². The van der Waals surface area contributed by atoms with Gasteiger partial charge in [0.1, 0.15) is 6.09 Å². The average Bonchev–Trinajstić information content (AvgIpc) is 1.96. The van der Waals surface area contributed by atoms with Crippen molar-refractivity contribution < 1.29 is 9.90 Å². The van der Waals surface area contributed by atoms with Crippen LogP contribution < -0.4 is 10.4 Å². The van der Waals surface area contributed by atoms with E-state index in [1.165, 1.54) is 0 Å². The lowest BCUT2D eigenvalue weighted by molar-refractivity contribution is -0.250. The summed E-state index contributed by atoms with van der Waals surface area (Å²) in [5.74, 6) is 2.70. The number of rotatable bonds is 4. The van der Waals surface area contributed by atoms with Gasteiger partial charge < -0.3 is 15.2 Å². The molecule has 0 spiro atoms. The molecule has 2 unspecified atom stereocenters. The van der Waals surface area contributed by atoms with Gasteiger partial charge in [0, 0.05) is 16.9 Å². The van der Waals surface area contributed by atoms with E-state index in [0.717, 1.165) is 0 Å². The topological polar surface area (TPSA) is 52.2 Å². The van der Waals surface area contributed by atoms with Crippen LogP contribution in [0.4, 0.5) is 4.79 Å². The Morgan fingerprint density at radius 2 is 2.42 bits per heavy atom. The van der Waals surface area contributed by atoms with Crippen LogP contribution in [0.5, 0.6) is 0 Å². The molecule has 0 fully saturated rings. The van der Waals surface area contributed by atoms with Crippen LogP contribution in [0.15, 0.2) is 0 Å². The smallest absolute Gasteiger partial charge is 0.134 e. The van der Waals surface area contributed by atoms with Gasteiger partial charge in [-0.3, -0.25) is 0 Å². The lowest BCUT2D eigenvalue weighted by atomic mass is 10.0. The second-order valence-corrected chi connectivity index (χ2v) is 4.48. The van der Waals surface area contributed by atoms with Gasteiger partial charge in [0.2, 0.25) is 0 Å². The fourth-order valence-corrected chi connectivity index (χ4v) is 1.27. The highest BCUT2D eigenvalue weighted by atomic mass is 127. The Balaban J connectivity index is 3.80. The van der Waals surface area contributed by atoms with Crippen molar-refractivity contribution in [2.75, 3.05) is 6.54 Å². The normalized spacial score (nSPS) is 14.4. The van der Waals surface area contributed by atoms with Crippen molar-refractivity contribution in [2.24, 2.45) is 5.92 Å². The summed E-state index contributed by atoms with van der Waals surface area (Å²) in [6.07, 6.45) is 4.48. The van der Waals surface area contributed by atoms with Gasteiger partial charge >= 0.3 is 0 Å². The second-order valence-electron chi connectivity index (χ2n) is 2.51. The van der Waals surface area contributed by atoms with Crippen molar-refractivity contribution in [1.82, 2.24) is 5.32 Å². The first kappa shape index (κ1) is 11.6. The van der Waals surface area contributed by atoms with Gasteiger partial charge in [-0.1, -0.05) is 29.5 Å². The number of alkyl halides is 1. The minimum Gasteiger partial charge on any atom is -0.530 e. The Labute approximate surface area is 86.1 Å². The van der Waals surface area contributed by atoms with E-state index in [0.29, 0.717) is 16.9 Å². The fourth-order valence-electron chi connectivity index (χ4n) is 0.763. The second kappa shape index (κ2) is 6.12. The van der Waals surface area contributed by atoms with Crippen molar-refractivity contribution >= 4 is 28.7 Å². The molecule has 4 heteroatoms. The summed E-state index contributed by atoms with van der Waals surface area (Å²) >= 11 is 2.23. The van der Waals surface area contributed by atoms with E-state index >= 15 is 0 Å². The van der Waals surface area contributed by atoms with Crippen LogP contribution in [-0.4, -0.2) is 16.6 Å². The predicted molar refractivity (Wildman–Crippen MR) is 53.8 cm³/mol. The number of halogens is 1. The SMILES string of the molecule is C#CCC(CNC(=O)[O-])C(C)I. The highest BCUT2D eigenvalue weighted by Crippen LogP contribution is 2.15. The maximum absolute atomic E-state index is 10.1. The molecule has 2 atom stereocenters. The molecule has 0 aliphatic heterocycles. The molecule has 3 nitrogen and oxygen atoms in total. The summed E-state index contributed by atoms with van der Waals surface area (Å²) in [4.78, 5) is 10.1. The molecule has 0 saturated carbocycles. The van der Waals surface area contributed by atoms with Crippen LogP contribution in [0.2, 0.25) is 0 Å². The van der Waals surface area contributed by atoms with Gasteiger partial charge in [0.15, 0.2) is 0 Å². The molecule has 0 aromatic heterocycles. The van der Waals surface area contributed by atoms with E-state index in [-0.39, 0.29) is 5.92 Å². The van der Waals surface area contributed by atoms with Crippen molar-refractivity contribution in [3.63, 3.8) is 0 Å².